The number of nitrogens with zero attached hydrogens (tertiary/aromatic N) is 4. The van der Waals surface area contributed by atoms with E-state index in [9.17, 15) is 9.18 Å². The molecular weight excluding hydrogens is 325 g/mol. The summed E-state index contributed by atoms with van der Waals surface area (Å²) in [4.78, 5) is 26.3. The molecule has 2 aromatic rings. The summed E-state index contributed by atoms with van der Waals surface area (Å²) >= 11 is 0. The van der Waals surface area contributed by atoms with E-state index >= 15 is 0 Å². The topological polar surface area (TPSA) is 91.2 Å². The Bertz CT molecular complexity index is 703. The first-order valence-electron chi connectivity index (χ1n) is 8.13. The second kappa shape index (κ2) is 7.52. The molecule has 0 aromatic carbocycles. The molecule has 2 N–H and O–H groups in total. The van der Waals surface area contributed by atoms with Crippen LogP contribution in [0.4, 0.5) is 10.3 Å². The summed E-state index contributed by atoms with van der Waals surface area (Å²) in [5.74, 6) is 0.195. The summed E-state index contributed by atoms with van der Waals surface area (Å²) in [5.41, 5.74) is -0.215. The molecule has 2 aromatic heterocycles. The standard InChI is InChI=1S/C17H20FN5O2/c18-17(12-24)3-6-23(7-4-17)15(25)14-10-21-16(22-11-14)20-9-13-2-1-5-19-8-13/h1-2,5,8,10-11,24H,3-4,6-7,9,12H2,(H,20,21,22). The molecule has 1 aliphatic rings. The van der Waals surface area contributed by atoms with Crippen LogP contribution in [0.5, 0.6) is 0 Å². The maximum absolute atomic E-state index is 14.0. The SMILES string of the molecule is O=C(c1cnc(NCc2cccnc2)nc1)N1CCC(F)(CO)CC1. The van der Waals surface area contributed by atoms with Gasteiger partial charge in [0.05, 0.1) is 12.2 Å². The predicted molar refractivity (Wildman–Crippen MR) is 89.7 cm³/mol. The quantitative estimate of drug-likeness (QED) is 0.852. The third kappa shape index (κ3) is 4.27. The van der Waals surface area contributed by atoms with Crippen molar-refractivity contribution in [1.29, 1.82) is 0 Å². The minimum Gasteiger partial charge on any atom is -0.393 e. The van der Waals surface area contributed by atoms with E-state index in [2.05, 4.69) is 20.3 Å². The van der Waals surface area contributed by atoms with Crippen molar-refractivity contribution in [3.8, 4) is 0 Å². The molecule has 0 radical (unpaired) electrons. The first kappa shape index (κ1) is 17.2. The molecule has 1 saturated heterocycles. The van der Waals surface area contributed by atoms with Crippen LogP contribution in [0.3, 0.4) is 0 Å². The zero-order chi connectivity index (χ0) is 17.7. The van der Waals surface area contributed by atoms with Crippen molar-refractivity contribution in [3.05, 3.63) is 48.0 Å². The maximum Gasteiger partial charge on any atom is 0.256 e. The summed E-state index contributed by atoms with van der Waals surface area (Å²) in [7, 11) is 0. The molecule has 1 aliphatic heterocycles. The smallest absolute Gasteiger partial charge is 0.256 e. The van der Waals surface area contributed by atoms with Gasteiger partial charge < -0.3 is 15.3 Å². The van der Waals surface area contributed by atoms with E-state index in [0.717, 1.165) is 5.56 Å². The third-order valence-corrected chi connectivity index (χ3v) is 4.30. The number of rotatable bonds is 5. The molecule has 25 heavy (non-hydrogen) atoms. The number of likely N-dealkylation sites (tertiary alicyclic amines) is 1. The summed E-state index contributed by atoms with van der Waals surface area (Å²) in [6.45, 7) is 0.580. The molecule has 7 nitrogen and oxygen atoms in total. The van der Waals surface area contributed by atoms with Crippen LogP contribution in [0.1, 0.15) is 28.8 Å². The number of aliphatic hydroxyl groups is 1. The number of aliphatic hydroxyl groups excluding tert-OH is 1. The van der Waals surface area contributed by atoms with Gasteiger partial charge in [-0.3, -0.25) is 9.78 Å². The highest BCUT2D eigenvalue weighted by Gasteiger charge is 2.35. The van der Waals surface area contributed by atoms with Crippen LogP contribution in [0.15, 0.2) is 36.9 Å². The van der Waals surface area contributed by atoms with Crippen molar-refractivity contribution in [1.82, 2.24) is 19.9 Å². The fraction of sp³-hybridized carbons (Fsp3) is 0.412. The number of piperidine rings is 1. The van der Waals surface area contributed by atoms with Gasteiger partial charge in [0, 0.05) is 57.3 Å². The molecular formula is C17H20FN5O2. The Labute approximate surface area is 144 Å². The van der Waals surface area contributed by atoms with E-state index in [1.807, 2.05) is 12.1 Å². The van der Waals surface area contributed by atoms with Gasteiger partial charge in [0.1, 0.15) is 5.67 Å². The number of anilines is 1. The number of alkyl halides is 1. The molecule has 0 aliphatic carbocycles. The second-order valence-corrected chi connectivity index (χ2v) is 6.11. The van der Waals surface area contributed by atoms with Gasteiger partial charge in [0.25, 0.3) is 5.91 Å². The van der Waals surface area contributed by atoms with E-state index < -0.39 is 12.3 Å². The van der Waals surface area contributed by atoms with Gasteiger partial charge in [-0.05, 0) is 11.6 Å². The van der Waals surface area contributed by atoms with Crippen LogP contribution in [0.25, 0.3) is 0 Å². The van der Waals surface area contributed by atoms with Gasteiger partial charge in [-0.25, -0.2) is 14.4 Å². The molecule has 1 fully saturated rings. The normalized spacial score (nSPS) is 16.5. The Kier molecular flexibility index (Phi) is 5.18. The second-order valence-electron chi connectivity index (χ2n) is 6.11. The third-order valence-electron chi connectivity index (χ3n) is 4.30. The number of nitrogens with one attached hydrogen (secondary N) is 1. The van der Waals surface area contributed by atoms with Crippen molar-refractivity contribution in [2.75, 3.05) is 25.0 Å². The molecule has 1 amide bonds. The molecule has 0 spiro atoms. The summed E-state index contributed by atoms with van der Waals surface area (Å²) in [6.07, 6.45) is 6.66. The van der Waals surface area contributed by atoms with Crippen molar-refractivity contribution in [2.45, 2.75) is 25.1 Å². The average molecular weight is 345 g/mol. The fourth-order valence-corrected chi connectivity index (χ4v) is 2.66. The number of carbonyl (C=O) groups is 1. The first-order chi connectivity index (χ1) is 12.1. The number of aromatic nitrogens is 3. The van der Waals surface area contributed by atoms with Crippen molar-refractivity contribution in [3.63, 3.8) is 0 Å². The number of hydrogen-bond donors (Lipinski definition) is 2. The highest BCUT2D eigenvalue weighted by molar-refractivity contribution is 5.93. The van der Waals surface area contributed by atoms with Crippen molar-refractivity contribution < 1.29 is 14.3 Å². The number of hydrogen-bond acceptors (Lipinski definition) is 6. The van der Waals surface area contributed by atoms with Gasteiger partial charge >= 0.3 is 0 Å². The lowest BCUT2D eigenvalue weighted by Crippen LogP contribution is -2.46. The highest BCUT2D eigenvalue weighted by Crippen LogP contribution is 2.26. The van der Waals surface area contributed by atoms with Crippen LogP contribution < -0.4 is 5.32 Å². The number of carbonyl (C=O) groups excluding carboxylic acids is 1. The van der Waals surface area contributed by atoms with Crippen molar-refractivity contribution >= 4 is 11.9 Å². The maximum atomic E-state index is 14.0. The summed E-state index contributed by atoms with van der Waals surface area (Å²) in [6, 6.07) is 3.78. The minimum absolute atomic E-state index is 0.140. The largest absolute Gasteiger partial charge is 0.393 e. The first-order valence-corrected chi connectivity index (χ1v) is 8.13. The Morgan fingerprint density at radius 2 is 2.00 bits per heavy atom. The lowest BCUT2D eigenvalue weighted by atomic mass is 9.94. The number of pyridine rings is 1. The summed E-state index contributed by atoms with van der Waals surface area (Å²) < 4.78 is 14.0. The van der Waals surface area contributed by atoms with E-state index in [0.29, 0.717) is 18.1 Å². The number of halogens is 1. The molecule has 132 valence electrons. The van der Waals surface area contributed by atoms with Crippen LogP contribution >= 0.6 is 0 Å². The Hall–Kier alpha value is -2.61. The predicted octanol–water partition coefficient (Wildman–Crippen LogP) is 1.42. The molecule has 3 heterocycles. The molecule has 0 saturated carbocycles. The molecule has 0 bridgehead atoms. The van der Waals surface area contributed by atoms with Gasteiger partial charge in [-0.15, -0.1) is 0 Å². The lowest BCUT2D eigenvalue weighted by molar-refractivity contribution is 0.00989. The Morgan fingerprint density at radius 3 is 2.60 bits per heavy atom. The molecule has 0 unspecified atom stereocenters. The number of amides is 1. The van der Waals surface area contributed by atoms with Gasteiger partial charge in [0.2, 0.25) is 5.95 Å². The summed E-state index contributed by atoms with van der Waals surface area (Å²) in [5, 5.41) is 12.1. The monoisotopic (exact) mass is 345 g/mol. The Balaban J connectivity index is 1.56. The van der Waals surface area contributed by atoms with Crippen LogP contribution in [0, 0.1) is 0 Å². The lowest BCUT2D eigenvalue weighted by Gasteiger charge is -2.35. The van der Waals surface area contributed by atoms with Crippen LogP contribution in [-0.4, -0.2) is 56.2 Å². The Morgan fingerprint density at radius 1 is 1.28 bits per heavy atom. The zero-order valence-corrected chi connectivity index (χ0v) is 13.7. The zero-order valence-electron chi connectivity index (χ0n) is 13.7. The molecule has 0 atom stereocenters. The molecule has 8 heteroatoms. The van der Waals surface area contributed by atoms with Crippen LogP contribution in [-0.2, 0) is 6.54 Å². The minimum atomic E-state index is -1.58. The van der Waals surface area contributed by atoms with E-state index in [-0.39, 0.29) is 31.8 Å². The van der Waals surface area contributed by atoms with Gasteiger partial charge in [-0.1, -0.05) is 6.07 Å². The van der Waals surface area contributed by atoms with Crippen LogP contribution in [0.2, 0.25) is 0 Å². The fourth-order valence-electron chi connectivity index (χ4n) is 2.66. The van der Waals surface area contributed by atoms with Gasteiger partial charge in [-0.2, -0.15) is 0 Å². The average Bonchev–Trinajstić information content (AvgIpc) is 2.68. The van der Waals surface area contributed by atoms with E-state index in [1.54, 1.807) is 17.3 Å². The van der Waals surface area contributed by atoms with Crippen molar-refractivity contribution in [2.24, 2.45) is 0 Å². The van der Waals surface area contributed by atoms with E-state index in [1.165, 1.54) is 12.4 Å². The molecule has 3 rings (SSSR count). The van der Waals surface area contributed by atoms with Gasteiger partial charge in [0.15, 0.2) is 0 Å². The highest BCUT2D eigenvalue weighted by atomic mass is 19.1. The van der Waals surface area contributed by atoms with E-state index in [4.69, 9.17) is 5.11 Å².